The number of nitrogens with zero attached hydrogens (tertiary/aromatic N) is 3. The minimum Gasteiger partial charge on any atom is -0.354 e. The standard InChI is InChI=1S/C23H26N4O2/c1-3-17-8-4-6-10-20(17)27-15-18(14-22(27)28)23(29)24-12-13-26-16(2)25-19-9-5-7-11-21(19)26/h4-11,18H,3,12-15H2,1-2H3,(H,24,29). The van der Waals surface area contributed by atoms with Crippen LogP contribution in [-0.4, -0.2) is 34.5 Å². The molecule has 29 heavy (non-hydrogen) atoms. The summed E-state index contributed by atoms with van der Waals surface area (Å²) in [5.41, 5.74) is 4.08. The molecule has 150 valence electrons. The maximum absolute atomic E-state index is 12.7. The van der Waals surface area contributed by atoms with Crippen LogP contribution in [0.3, 0.4) is 0 Å². The van der Waals surface area contributed by atoms with Gasteiger partial charge in [-0.2, -0.15) is 0 Å². The Hall–Kier alpha value is -3.15. The molecule has 1 unspecified atom stereocenters. The van der Waals surface area contributed by atoms with Gasteiger partial charge in [-0.05, 0) is 37.1 Å². The highest BCUT2D eigenvalue weighted by Crippen LogP contribution is 2.28. The van der Waals surface area contributed by atoms with Gasteiger partial charge in [0.2, 0.25) is 11.8 Å². The number of hydrogen-bond donors (Lipinski definition) is 1. The normalized spacial score (nSPS) is 16.6. The van der Waals surface area contributed by atoms with Gasteiger partial charge in [-0.1, -0.05) is 37.3 Å². The summed E-state index contributed by atoms with van der Waals surface area (Å²) in [6.07, 6.45) is 1.12. The molecular formula is C23H26N4O2. The molecule has 0 saturated carbocycles. The SMILES string of the molecule is CCc1ccccc1N1CC(C(=O)NCCn2c(C)nc3ccccc32)CC1=O. The number of imidazole rings is 1. The summed E-state index contributed by atoms with van der Waals surface area (Å²) < 4.78 is 2.11. The molecule has 1 saturated heterocycles. The number of amides is 2. The number of hydrogen-bond acceptors (Lipinski definition) is 3. The Balaban J connectivity index is 1.38. The minimum absolute atomic E-state index is 0.0162. The van der Waals surface area contributed by atoms with E-state index >= 15 is 0 Å². The molecule has 0 spiro atoms. The number of nitrogens with one attached hydrogen (secondary N) is 1. The highest BCUT2D eigenvalue weighted by molar-refractivity contribution is 6.00. The molecule has 0 aliphatic carbocycles. The molecular weight excluding hydrogens is 364 g/mol. The van der Waals surface area contributed by atoms with Crippen molar-refractivity contribution in [2.24, 2.45) is 5.92 Å². The average Bonchev–Trinajstić information content (AvgIpc) is 3.27. The Morgan fingerprint density at radius 3 is 2.76 bits per heavy atom. The van der Waals surface area contributed by atoms with E-state index in [1.807, 2.05) is 55.5 Å². The van der Waals surface area contributed by atoms with Gasteiger partial charge in [-0.25, -0.2) is 4.98 Å². The van der Waals surface area contributed by atoms with Gasteiger partial charge in [0.15, 0.2) is 0 Å². The predicted octanol–water partition coefficient (Wildman–Crippen LogP) is 3.08. The van der Waals surface area contributed by atoms with E-state index < -0.39 is 0 Å². The molecule has 0 bridgehead atoms. The maximum atomic E-state index is 12.7. The lowest BCUT2D eigenvalue weighted by molar-refractivity contribution is -0.126. The van der Waals surface area contributed by atoms with Gasteiger partial charge in [0, 0.05) is 31.7 Å². The zero-order valence-corrected chi connectivity index (χ0v) is 16.9. The molecule has 0 radical (unpaired) electrons. The molecule has 6 nitrogen and oxygen atoms in total. The Morgan fingerprint density at radius 1 is 1.17 bits per heavy atom. The van der Waals surface area contributed by atoms with Crippen LogP contribution in [0.5, 0.6) is 0 Å². The van der Waals surface area contributed by atoms with E-state index in [1.54, 1.807) is 4.90 Å². The summed E-state index contributed by atoms with van der Waals surface area (Å²) in [5, 5.41) is 3.01. The molecule has 1 aliphatic heterocycles. The second-order valence-corrected chi connectivity index (χ2v) is 7.48. The van der Waals surface area contributed by atoms with Crippen LogP contribution >= 0.6 is 0 Å². The molecule has 2 aromatic carbocycles. The first kappa shape index (κ1) is 19.2. The third-order valence-corrected chi connectivity index (χ3v) is 5.64. The first-order chi connectivity index (χ1) is 14.1. The van der Waals surface area contributed by atoms with E-state index in [2.05, 4.69) is 21.8 Å². The summed E-state index contributed by atoms with van der Waals surface area (Å²) in [7, 11) is 0. The number of benzene rings is 2. The zero-order valence-electron chi connectivity index (χ0n) is 16.9. The summed E-state index contributed by atoms with van der Waals surface area (Å²) >= 11 is 0. The predicted molar refractivity (Wildman–Crippen MR) is 114 cm³/mol. The Kier molecular flexibility index (Phi) is 5.34. The zero-order chi connectivity index (χ0) is 20.4. The Bertz CT molecular complexity index is 1060. The average molecular weight is 390 g/mol. The Morgan fingerprint density at radius 2 is 1.93 bits per heavy atom. The molecule has 3 aromatic rings. The number of aryl methyl sites for hydroxylation is 2. The van der Waals surface area contributed by atoms with Gasteiger partial charge in [0.05, 0.1) is 17.0 Å². The van der Waals surface area contributed by atoms with Gasteiger partial charge in [-0.3, -0.25) is 9.59 Å². The first-order valence-corrected chi connectivity index (χ1v) is 10.2. The van der Waals surface area contributed by atoms with E-state index in [4.69, 9.17) is 0 Å². The summed E-state index contributed by atoms with van der Waals surface area (Å²) in [6, 6.07) is 15.9. The number of carbonyl (C=O) groups is 2. The van der Waals surface area contributed by atoms with E-state index in [-0.39, 0.29) is 24.2 Å². The van der Waals surface area contributed by atoms with Crippen molar-refractivity contribution in [1.82, 2.24) is 14.9 Å². The van der Waals surface area contributed by atoms with Crippen molar-refractivity contribution in [1.29, 1.82) is 0 Å². The molecule has 2 heterocycles. The summed E-state index contributed by atoms with van der Waals surface area (Å²) in [4.78, 5) is 31.5. The second-order valence-electron chi connectivity index (χ2n) is 7.48. The highest BCUT2D eigenvalue weighted by atomic mass is 16.2. The van der Waals surface area contributed by atoms with Crippen molar-refractivity contribution in [3.05, 3.63) is 59.9 Å². The van der Waals surface area contributed by atoms with Crippen LogP contribution in [0.25, 0.3) is 11.0 Å². The molecule has 1 aliphatic rings. The molecule has 4 rings (SSSR count). The fraction of sp³-hybridized carbons (Fsp3) is 0.348. The van der Waals surface area contributed by atoms with Crippen LogP contribution in [0.2, 0.25) is 0 Å². The largest absolute Gasteiger partial charge is 0.354 e. The van der Waals surface area contributed by atoms with Gasteiger partial charge >= 0.3 is 0 Å². The molecule has 1 atom stereocenters. The van der Waals surface area contributed by atoms with Crippen molar-refractivity contribution >= 4 is 28.5 Å². The third-order valence-electron chi connectivity index (χ3n) is 5.64. The van der Waals surface area contributed by atoms with Crippen molar-refractivity contribution in [2.45, 2.75) is 33.2 Å². The van der Waals surface area contributed by atoms with E-state index in [1.165, 1.54) is 0 Å². The fourth-order valence-electron chi connectivity index (χ4n) is 4.10. The van der Waals surface area contributed by atoms with E-state index in [0.29, 0.717) is 19.6 Å². The molecule has 1 N–H and O–H groups in total. The van der Waals surface area contributed by atoms with E-state index in [0.717, 1.165) is 34.5 Å². The van der Waals surface area contributed by atoms with Crippen LogP contribution in [-0.2, 0) is 22.6 Å². The van der Waals surface area contributed by atoms with Crippen molar-refractivity contribution in [2.75, 3.05) is 18.0 Å². The molecule has 2 amide bonds. The summed E-state index contributed by atoms with van der Waals surface area (Å²) in [5.74, 6) is 0.575. The highest BCUT2D eigenvalue weighted by Gasteiger charge is 2.35. The molecule has 6 heteroatoms. The lowest BCUT2D eigenvalue weighted by atomic mass is 10.1. The number of para-hydroxylation sites is 3. The fourth-order valence-corrected chi connectivity index (χ4v) is 4.10. The molecule has 1 fully saturated rings. The van der Waals surface area contributed by atoms with Gasteiger partial charge < -0.3 is 14.8 Å². The number of rotatable bonds is 6. The van der Waals surface area contributed by atoms with Crippen LogP contribution in [0.1, 0.15) is 24.7 Å². The van der Waals surface area contributed by atoms with Crippen LogP contribution < -0.4 is 10.2 Å². The van der Waals surface area contributed by atoms with Crippen LogP contribution in [0.4, 0.5) is 5.69 Å². The maximum Gasteiger partial charge on any atom is 0.227 e. The minimum atomic E-state index is -0.312. The van der Waals surface area contributed by atoms with Gasteiger partial charge in [0.1, 0.15) is 5.82 Å². The number of aromatic nitrogens is 2. The monoisotopic (exact) mass is 390 g/mol. The first-order valence-electron chi connectivity index (χ1n) is 10.2. The summed E-state index contributed by atoms with van der Waals surface area (Å²) in [6.45, 7) is 5.65. The van der Waals surface area contributed by atoms with Crippen LogP contribution in [0.15, 0.2) is 48.5 Å². The van der Waals surface area contributed by atoms with Gasteiger partial charge in [-0.15, -0.1) is 0 Å². The smallest absolute Gasteiger partial charge is 0.227 e. The lowest BCUT2D eigenvalue weighted by Crippen LogP contribution is -2.35. The second kappa shape index (κ2) is 8.07. The number of fused-ring (bicyclic) bond motifs is 1. The van der Waals surface area contributed by atoms with Crippen molar-refractivity contribution < 1.29 is 9.59 Å². The third kappa shape index (κ3) is 3.75. The van der Waals surface area contributed by atoms with E-state index in [9.17, 15) is 9.59 Å². The molecule has 1 aromatic heterocycles. The lowest BCUT2D eigenvalue weighted by Gasteiger charge is -2.20. The topological polar surface area (TPSA) is 67.2 Å². The van der Waals surface area contributed by atoms with Crippen molar-refractivity contribution in [3.8, 4) is 0 Å². The Labute approximate surface area is 170 Å². The van der Waals surface area contributed by atoms with Gasteiger partial charge in [0.25, 0.3) is 0 Å². The van der Waals surface area contributed by atoms with Crippen LogP contribution in [0, 0.1) is 12.8 Å². The quantitative estimate of drug-likeness (QED) is 0.703. The van der Waals surface area contributed by atoms with Crippen molar-refractivity contribution in [3.63, 3.8) is 0 Å². The number of anilines is 1. The number of carbonyl (C=O) groups excluding carboxylic acids is 2.